The Morgan fingerprint density at radius 2 is 2.28 bits per heavy atom. The number of hydrogen-bond acceptors (Lipinski definition) is 3. The molecule has 0 amide bonds. The molecule has 98 valence electrons. The highest BCUT2D eigenvalue weighted by Crippen LogP contribution is 2.30. The van der Waals surface area contributed by atoms with E-state index in [-0.39, 0.29) is 5.84 Å². The van der Waals surface area contributed by atoms with E-state index in [1.54, 1.807) is 0 Å². The normalized spacial score (nSPS) is 19.3. The number of pyridine rings is 1. The van der Waals surface area contributed by atoms with E-state index in [0.717, 1.165) is 35.6 Å². The van der Waals surface area contributed by atoms with E-state index in [9.17, 15) is 0 Å². The molecule has 1 aliphatic rings. The summed E-state index contributed by atoms with van der Waals surface area (Å²) in [5, 5.41) is 7.79. The largest absolute Gasteiger partial charge is 0.384 e. The lowest BCUT2D eigenvalue weighted by atomic mass is 10.1. The second-order valence-electron chi connectivity index (χ2n) is 5.09. The number of nitrogens with zero attached hydrogens (tertiary/aromatic N) is 2. The van der Waals surface area contributed by atoms with Gasteiger partial charge in [-0.25, -0.2) is 4.98 Å². The van der Waals surface area contributed by atoms with E-state index in [0.29, 0.717) is 6.04 Å². The van der Waals surface area contributed by atoms with Crippen LogP contribution in [0.2, 0.25) is 0 Å². The summed E-state index contributed by atoms with van der Waals surface area (Å²) in [4.78, 5) is 6.97. The van der Waals surface area contributed by atoms with E-state index in [2.05, 4.69) is 16.8 Å². The number of nitrogens with two attached hydrogens (primary N) is 1. The Balaban J connectivity index is 2.51. The predicted molar refractivity (Wildman–Crippen MR) is 75.4 cm³/mol. The van der Waals surface area contributed by atoms with E-state index >= 15 is 0 Å². The van der Waals surface area contributed by atoms with Gasteiger partial charge in [0, 0.05) is 18.3 Å². The van der Waals surface area contributed by atoms with Gasteiger partial charge in [-0.05, 0) is 44.7 Å². The summed E-state index contributed by atoms with van der Waals surface area (Å²) in [7, 11) is 0. The number of hydrogen-bond donors (Lipinski definition) is 2. The van der Waals surface area contributed by atoms with Gasteiger partial charge in [0.15, 0.2) is 0 Å². The van der Waals surface area contributed by atoms with Crippen LogP contribution in [0.1, 0.15) is 43.0 Å². The minimum atomic E-state index is 0.122. The Labute approximate surface area is 109 Å². The van der Waals surface area contributed by atoms with Crippen molar-refractivity contribution in [2.24, 2.45) is 5.73 Å². The van der Waals surface area contributed by atoms with Crippen LogP contribution in [0.4, 0.5) is 5.82 Å². The highest BCUT2D eigenvalue weighted by molar-refractivity contribution is 6.01. The maximum absolute atomic E-state index is 7.79. The Kier molecular flexibility index (Phi) is 3.55. The number of amidine groups is 1. The molecular formula is C14H22N4. The molecule has 0 spiro atoms. The maximum Gasteiger partial charge on any atom is 0.140 e. The lowest BCUT2D eigenvalue weighted by molar-refractivity contribution is 0.639. The zero-order valence-corrected chi connectivity index (χ0v) is 11.5. The summed E-state index contributed by atoms with van der Waals surface area (Å²) < 4.78 is 0. The van der Waals surface area contributed by atoms with Crippen molar-refractivity contribution in [2.45, 2.75) is 46.1 Å². The average Bonchev–Trinajstić information content (AvgIpc) is 2.74. The zero-order valence-electron chi connectivity index (χ0n) is 11.5. The average molecular weight is 246 g/mol. The standard InChI is InChI=1S/C14H22N4/c1-4-11-6-5-7-18(11)14-12(13(15)16)9(2)8-10(3)17-14/h8,11H,4-7H2,1-3H3,(H3,15,16). The van der Waals surface area contributed by atoms with Crippen LogP contribution >= 0.6 is 0 Å². The van der Waals surface area contributed by atoms with Crippen molar-refractivity contribution >= 4 is 11.7 Å². The second kappa shape index (κ2) is 4.96. The fourth-order valence-electron chi connectivity index (χ4n) is 2.90. The van der Waals surface area contributed by atoms with Crippen LogP contribution < -0.4 is 10.6 Å². The minimum Gasteiger partial charge on any atom is -0.384 e. The summed E-state index contributed by atoms with van der Waals surface area (Å²) in [6.45, 7) is 7.23. The smallest absolute Gasteiger partial charge is 0.140 e. The Morgan fingerprint density at radius 3 is 2.89 bits per heavy atom. The summed E-state index contributed by atoms with van der Waals surface area (Å²) >= 11 is 0. The van der Waals surface area contributed by atoms with Crippen LogP contribution in [0.5, 0.6) is 0 Å². The number of aryl methyl sites for hydroxylation is 2. The van der Waals surface area contributed by atoms with E-state index in [1.807, 2.05) is 19.9 Å². The molecule has 1 unspecified atom stereocenters. The monoisotopic (exact) mass is 246 g/mol. The van der Waals surface area contributed by atoms with Crippen LogP contribution in [-0.2, 0) is 0 Å². The number of anilines is 1. The molecule has 0 aromatic carbocycles. The van der Waals surface area contributed by atoms with Gasteiger partial charge in [0.2, 0.25) is 0 Å². The van der Waals surface area contributed by atoms with Crippen molar-refractivity contribution in [3.05, 3.63) is 22.9 Å². The molecule has 0 radical (unpaired) electrons. The number of nitrogens with one attached hydrogen (secondary N) is 1. The zero-order chi connectivity index (χ0) is 13.3. The highest BCUT2D eigenvalue weighted by Gasteiger charge is 2.27. The molecule has 1 atom stereocenters. The molecular weight excluding hydrogens is 224 g/mol. The molecule has 1 saturated heterocycles. The third kappa shape index (κ3) is 2.19. The maximum atomic E-state index is 7.79. The first-order chi connectivity index (χ1) is 8.54. The second-order valence-corrected chi connectivity index (χ2v) is 5.09. The lowest BCUT2D eigenvalue weighted by Gasteiger charge is -2.27. The molecule has 2 rings (SSSR count). The summed E-state index contributed by atoms with van der Waals surface area (Å²) in [6, 6.07) is 2.54. The van der Waals surface area contributed by atoms with Crippen LogP contribution in [0.3, 0.4) is 0 Å². The van der Waals surface area contributed by atoms with Gasteiger partial charge in [-0.1, -0.05) is 6.92 Å². The summed E-state index contributed by atoms with van der Waals surface area (Å²) in [6.07, 6.45) is 3.53. The molecule has 0 aliphatic carbocycles. The lowest BCUT2D eigenvalue weighted by Crippen LogP contribution is -2.32. The first kappa shape index (κ1) is 12.9. The fourth-order valence-corrected chi connectivity index (χ4v) is 2.90. The van der Waals surface area contributed by atoms with Crippen molar-refractivity contribution in [2.75, 3.05) is 11.4 Å². The molecule has 1 aromatic heterocycles. The molecule has 2 heterocycles. The van der Waals surface area contributed by atoms with E-state index < -0.39 is 0 Å². The molecule has 18 heavy (non-hydrogen) atoms. The first-order valence-electron chi connectivity index (χ1n) is 6.63. The van der Waals surface area contributed by atoms with Crippen molar-refractivity contribution in [3.8, 4) is 0 Å². The molecule has 0 saturated carbocycles. The third-order valence-electron chi connectivity index (χ3n) is 3.72. The van der Waals surface area contributed by atoms with Gasteiger partial charge < -0.3 is 10.6 Å². The van der Waals surface area contributed by atoms with Crippen LogP contribution in [0, 0.1) is 19.3 Å². The van der Waals surface area contributed by atoms with Gasteiger partial charge in [0.1, 0.15) is 11.7 Å². The van der Waals surface area contributed by atoms with Gasteiger partial charge >= 0.3 is 0 Å². The first-order valence-corrected chi connectivity index (χ1v) is 6.63. The molecule has 1 aromatic rings. The van der Waals surface area contributed by atoms with Crippen LogP contribution in [0.25, 0.3) is 0 Å². The molecule has 0 bridgehead atoms. The summed E-state index contributed by atoms with van der Waals surface area (Å²) in [5.41, 5.74) is 8.59. The van der Waals surface area contributed by atoms with Crippen molar-refractivity contribution in [3.63, 3.8) is 0 Å². The Bertz CT molecular complexity index is 467. The van der Waals surface area contributed by atoms with Crippen LogP contribution in [-0.4, -0.2) is 23.4 Å². The SMILES string of the molecule is CCC1CCCN1c1nc(C)cc(C)c1C(=N)N. The van der Waals surface area contributed by atoms with Gasteiger partial charge in [-0.2, -0.15) is 0 Å². The molecule has 4 heteroatoms. The van der Waals surface area contributed by atoms with Crippen molar-refractivity contribution in [1.82, 2.24) is 4.98 Å². The molecule has 3 N–H and O–H groups in total. The number of rotatable bonds is 3. The third-order valence-corrected chi connectivity index (χ3v) is 3.72. The van der Waals surface area contributed by atoms with E-state index in [4.69, 9.17) is 11.1 Å². The Hall–Kier alpha value is -1.58. The molecule has 1 fully saturated rings. The fraction of sp³-hybridized carbons (Fsp3) is 0.571. The van der Waals surface area contributed by atoms with E-state index in [1.165, 1.54) is 12.8 Å². The minimum absolute atomic E-state index is 0.122. The quantitative estimate of drug-likeness (QED) is 0.635. The van der Waals surface area contributed by atoms with Crippen molar-refractivity contribution in [1.29, 1.82) is 5.41 Å². The van der Waals surface area contributed by atoms with Crippen LogP contribution in [0.15, 0.2) is 6.07 Å². The summed E-state index contributed by atoms with van der Waals surface area (Å²) in [5.74, 6) is 1.03. The highest BCUT2D eigenvalue weighted by atomic mass is 15.2. The number of aromatic nitrogens is 1. The predicted octanol–water partition coefficient (Wildman–Crippen LogP) is 2.36. The number of nitrogen functional groups attached to an aromatic ring is 1. The van der Waals surface area contributed by atoms with Crippen molar-refractivity contribution < 1.29 is 0 Å². The topological polar surface area (TPSA) is 66.0 Å². The Morgan fingerprint density at radius 1 is 1.56 bits per heavy atom. The van der Waals surface area contributed by atoms with Gasteiger partial charge in [0.25, 0.3) is 0 Å². The molecule has 1 aliphatic heterocycles. The van der Waals surface area contributed by atoms with Gasteiger partial charge in [0.05, 0.1) is 5.56 Å². The van der Waals surface area contributed by atoms with Gasteiger partial charge in [-0.3, -0.25) is 5.41 Å². The van der Waals surface area contributed by atoms with Gasteiger partial charge in [-0.15, -0.1) is 0 Å². The molecule has 4 nitrogen and oxygen atoms in total.